The Bertz CT molecular complexity index is 414. The van der Waals surface area contributed by atoms with Crippen LogP contribution >= 0.6 is 11.3 Å². The standard InChI is InChI=1S/C16H23NOS/c18-10-16(17-9-15-2-1-3-19-15)13-5-11-4-12(7-13)8-14(16)6-11/h1-3,11-14,17-18H,4-10H2. The van der Waals surface area contributed by atoms with Crippen molar-refractivity contribution >= 4 is 11.3 Å². The lowest BCUT2D eigenvalue weighted by Gasteiger charge is -2.61. The second-order valence-corrected chi connectivity index (χ2v) is 7.97. The summed E-state index contributed by atoms with van der Waals surface area (Å²) < 4.78 is 0. The van der Waals surface area contributed by atoms with Gasteiger partial charge in [0.05, 0.1) is 6.61 Å². The molecule has 4 aliphatic rings. The summed E-state index contributed by atoms with van der Waals surface area (Å²) >= 11 is 1.81. The summed E-state index contributed by atoms with van der Waals surface area (Å²) in [5, 5.41) is 16.0. The van der Waals surface area contributed by atoms with Crippen LogP contribution in [0.2, 0.25) is 0 Å². The van der Waals surface area contributed by atoms with Gasteiger partial charge in [0, 0.05) is 17.0 Å². The molecule has 0 aromatic carbocycles. The molecule has 0 amide bonds. The highest BCUT2D eigenvalue weighted by atomic mass is 32.1. The van der Waals surface area contributed by atoms with E-state index in [1.165, 1.54) is 37.0 Å². The molecule has 2 nitrogen and oxygen atoms in total. The fraction of sp³-hybridized carbons (Fsp3) is 0.750. The average molecular weight is 277 g/mol. The smallest absolute Gasteiger partial charge is 0.0618 e. The van der Waals surface area contributed by atoms with Gasteiger partial charge in [0.1, 0.15) is 0 Å². The molecule has 4 fully saturated rings. The minimum atomic E-state index is 0.0252. The highest BCUT2D eigenvalue weighted by Crippen LogP contribution is 2.58. The molecule has 19 heavy (non-hydrogen) atoms. The first-order valence-electron chi connectivity index (χ1n) is 7.68. The molecule has 1 aromatic heterocycles. The molecule has 4 aliphatic carbocycles. The zero-order valence-corrected chi connectivity index (χ0v) is 12.2. The largest absolute Gasteiger partial charge is 0.394 e. The van der Waals surface area contributed by atoms with Crippen molar-refractivity contribution in [2.24, 2.45) is 23.7 Å². The summed E-state index contributed by atoms with van der Waals surface area (Å²) in [7, 11) is 0. The molecule has 0 aliphatic heterocycles. The maximum atomic E-state index is 10.1. The first kappa shape index (κ1) is 12.4. The number of aliphatic hydroxyl groups excluding tert-OH is 1. The maximum Gasteiger partial charge on any atom is 0.0618 e. The third-order valence-electron chi connectivity index (χ3n) is 6.03. The van der Waals surface area contributed by atoms with Crippen molar-refractivity contribution in [3.8, 4) is 0 Å². The van der Waals surface area contributed by atoms with Crippen LogP contribution in [0.1, 0.15) is 37.0 Å². The Labute approximate surface area is 119 Å². The molecular formula is C16H23NOS. The van der Waals surface area contributed by atoms with Crippen molar-refractivity contribution < 1.29 is 5.11 Å². The lowest BCUT2D eigenvalue weighted by molar-refractivity contribution is -0.0960. The lowest BCUT2D eigenvalue weighted by Crippen LogP contribution is -2.66. The Kier molecular flexibility index (Phi) is 2.98. The van der Waals surface area contributed by atoms with E-state index in [9.17, 15) is 5.11 Å². The van der Waals surface area contributed by atoms with Gasteiger partial charge in [0.15, 0.2) is 0 Å². The summed E-state index contributed by atoms with van der Waals surface area (Å²) in [5.41, 5.74) is 0.0252. The van der Waals surface area contributed by atoms with Crippen LogP contribution in [0.4, 0.5) is 0 Å². The number of rotatable bonds is 4. The molecular weight excluding hydrogens is 254 g/mol. The molecule has 1 heterocycles. The van der Waals surface area contributed by atoms with Gasteiger partial charge in [-0.25, -0.2) is 0 Å². The molecule has 3 heteroatoms. The molecule has 104 valence electrons. The van der Waals surface area contributed by atoms with Crippen molar-refractivity contribution in [1.29, 1.82) is 0 Å². The zero-order chi connectivity index (χ0) is 12.9. The third-order valence-corrected chi connectivity index (χ3v) is 6.90. The quantitative estimate of drug-likeness (QED) is 0.886. The van der Waals surface area contributed by atoms with E-state index >= 15 is 0 Å². The van der Waals surface area contributed by atoms with E-state index in [-0.39, 0.29) is 5.54 Å². The summed E-state index contributed by atoms with van der Waals surface area (Å²) in [6.45, 7) is 1.26. The van der Waals surface area contributed by atoms with Crippen LogP contribution in [0.25, 0.3) is 0 Å². The van der Waals surface area contributed by atoms with E-state index in [4.69, 9.17) is 0 Å². The summed E-state index contributed by atoms with van der Waals surface area (Å²) in [6, 6.07) is 4.31. The molecule has 0 unspecified atom stereocenters. The van der Waals surface area contributed by atoms with Crippen molar-refractivity contribution in [2.45, 2.75) is 44.2 Å². The van der Waals surface area contributed by atoms with E-state index in [1.807, 2.05) is 11.3 Å². The Morgan fingerprint density at radius 1 is 1.16 bits per heavy atom. The van der Waals surface area contributed by atoms with Gasteiger partial charge in [-0.2, -0.15) is 0 Å². The van der Waals surface area contributed by atoms with Crippen LogP contribution in [0, 0.1) is 23.7 Å². The summed E-state index contributed by atoms with van der Waals surface area (Å²) in [6.07, 6.45) is 6.88. The zero-order valence-electron chi connectivity index (χ0n) is 11.3. The van der Waals surface area contributed by atoms with Crippen molar-refractivity contribution in [3.05, 3.63) is 22.4 Å². The van der Waals surface area contributed by atoms with Crippen LogP contribution in [0.15, 0.2) is 17.5 Å². The highest BCUT2D eigenvalue weighted by Gasteiger charge is 2.56. The lowest BCUT2D eigenvalue weighted by atomic mass is 9.48. The van der Waals surface area contributed by atoms with E-state index in [0.717, 1.165) is 18.4 Å². The highest BCUT2D eigenvalue weighted by molar-refractivity contribution is 7.09. The van der Waals surface area contributed by atoms with Gasteiger partial charge in [-0.1, -0.05) is 6.07 Å². The van der Waals surface area contributed by atoms with Gasteiger partial charge in [-0.15, -0.1) is 11.3 Å². The van der Waals surface area contributed by atoms with Crippen molar-refractivity contribution in [1.82, 2.24) is 5.32 Å². The number of hydrogen-bond acceptors (Lipinski definition) is 3. The predicted molar refractivity (Wildman–Crippen MR) is 78.0 cm³/mol. The number of hydrogen-bond donors (Lipinski definition) is 2. The molecule has 4 saturated carbocycles. The van der Waals surface area contributed by atoms with Gasteiger partial charge in [-0.3, -0.25) is 0 Å². The minimum absolute atomic E-state index is 0.0252. The Balaban J connectivity index is 1.55. The van der Waals surface area contributed by atoms with Crippen molar-refractivity contribution in [3.63, 3.8) is 0 Å². The first-order valence-corrected chi connectivity index (χ1v) is 8.56. The van der Waals surface area contributed by atoms with Crippen LogP contribution in [-0.4, -0.2) is 17.3 Å². The topological polar surface area (TPSA) is 32.3 Å². The predicted octanol–water partition coefficient (Wildman–Crippen LogP) is 3.02. The minimum Gasteiger partial charge on any atom is -0.394 e. The first-order chi connectivity index (χ1) is 9.30. The molecule has 0 saturated heterocycles. The second-order valence-electron chi connectivity index (χ2n) is 6.94. The maximum absolute atomic E-state index is 10.1. The normalized spacial score (nSPS) is 43.8. The third kappa shape index (κ3) is 1.90. The van der Waals surface area contributed by atoms with E-state index in [2.05, 4.69) is 22.8 Å². The summed E-state index contributed by atoms with van der Waals surface area (Å²) in [4.78, 5) is 1.39. The van der Waals surface area contributed by atoms with Crippen LogP contribution in [0.5, 0.6) is 0 Å². The molecule has 0 atom stereocenters. The van der Waals surface area contributed by atoms with Crippen LogP contribution in [-0.2, 0) is 6.54 Å². The molecule has 1 aromatic rings. The fourth-order valence-corrected chi connectivity index (χ4v) is 5.94. The number of nitrogens with one attached hydrogen (secondary N) is 1. The van der Waals surface area contributed by atoms with Gasteiger partial charge < -0.3 is 10.4 Å². The van der Waals surface area contributed by atoms with Crippen molar-refractivity contribution in [2.75, 3.05) is 6.61 Å². The Hall–Kier alpha value is -0.380. The number of aliphatic hydroxyl groups is 1. The average Bonchev–Trinajstić information content (AvgIpc) is 2.91. The Morgan fingerprint density at radius 2 is 1.84 bits per heavy atom. The van der Waals surface area contributed by atoms with Gasteiger partial charge in [0.25, 0.3) is 0 Å². The van der Waals surface area contributed by atoms with Gasteiger partial charge in [0.2, 0.25) is 0 Å². The molecule has 0 spiro atoms. The summed E-state index contributed by atoms with van der Waals surface area (Å²) in [5.74, 6) is 3.36. The number of thiophene rings is 1. The van der Waals surface area contributed by atoms with E-state index in [1.54, 1.807) is 0 Å². The Morgan fingerprint density at radius 3 is 2.37 bits per heavy atom. The van der Waals surface area contributed by atoms with E-state index < -0.39 is 0 Å². The van der Waals surface area contributed by atoms with Crippen LogP contribution < -0.4 is 5.32 Å². The second kappa shape index (κ2) is 4.57. The molecule has 2 N–H and O–H groups in total. The van der Waals surface area contributed by atoms with E-state index in [0.29, 0.717) is 18.4 Å². The fourth-order valence-electron chi connectivity index (χ4n) is 5.29. The van der Waals surface area contributed by atoms with Gasteiger partial charge >= 0.3 is 0 Å². The SMILES string of the molecule is OCC1(NCc2cccs2)C2CC3CC(C2)CC1C3. The van der Waals surface area contributed by atoms with Crippen LogP contribution in [0.3, 0.4) is 0 Å². The van der Waals surface area contributed by atoms with Gasteiger partial charge in [-0.05, 0) is 67.2 Å². The molecule has 5 rings (SSSR count). The molecule has 4 bridgehead atoms. The molecule has 0 radical (unpaired) electrons. The monoisotopic (exact) mass is 277 g/mol.